The molecule has 3 heteroatoms. The van der Waals surface area contributed by atoms with Crippen molar-refractivity contribution in [2.24, 2.45) is 11.7 Å². The van der Waals surface area contributed by atoms with Crippen LogP contribution in [-0.2, 0) is 0 Å². The molecule has 16 heavy (non-hydrogen) atoms. The van der Waals surface area contributed by atoms with Gasteiger partial charge in [0.25, 0.3) is 0 Å². The van der Waals surface area contributed by atoms with Gasteiger partial charge in [-0.1, -0.05) is 25.5 Å². The van der Waals surface area contributed by atoms with Crippen LogP contribution in [0.3, 0.4) is 0 Å². The molecule has 0 radical (unpaired) electrons. The molecule has 0 bridgehead atoms. The van der Waals surface area contributed by atoms with E-state index in [0.29, 0.717) is 0 Å². The molecule has 1 aliphatic heterocycles. The van der Waals surface area contributed by atoms with E-state index in [-0.39, 0.29) is 5.84 Å². The SMILES string of the molecule is CCC1CCN(c2ccccc2C(=N)N)C1. The van der Waals surface area contributed by atoms with E-state index < -0.39 is 0 Å². The quantitative estimate of drug-likeness (QED) is 0.602. The van der Waals surface area contributed by atoms with Gasteiger partial charge in [-0.15, -0.1) is 0 Å². The highest BCUT2D eigenvalue weighted by Crippen LogP contribution is 2.27. The number of nitrogen functional groups attached to an aromatic ring is 1. The molecule has 3 nitrogen and oxygen atoms in total. The molecule has 1 unspecified atom stereocenters. The third-order valence-electron chi connectivity index (χ3n) is 3.40. The summed E-state index contributed by atoms with van der Waals surface area (Å²) < 4.78 is 0. The van der Waals surface area contributed by atoms with Crippen molar-refractivity contribution in [3.05, 3.63) is 29.8 Å². The Balaban J connectivity index is 2.24. The van der Waals surface area contributed by atoms with Crippen molar-refractivity contribution in [2.75, 3.05) is 18.0 Å². The third-order valence-corrected chi connectivity index (χ3v) is 3.40. The predicted molar refractivity (Wildman–Crippen MR) is 68.1 cm³/mol. The average Bonchev–Trinajstić information content (AvgIpc) is 2.77. The topological polar surface area (TPSA) is 53.1 Å². The summed E-state index contributed by atoms with van der Waals surface area (Å²) in [7, 11) is 0. The van der Waals surface area contributed by atoms with Gasteiger partial charge in [-0.2, -0.15) is 0 Å². The molecule has 1 saturated heterocycles. The van der Waals surface area contributed by atoms with E-state index in [0.717, 1.165) is 30.3 Å². The van der Waals surface area contributed by atoms with E-state index in [9.17, 15) is 0 Å². The van der Waals surface area contributed by atoms with Crippen LogP contribution < -0.4 is 10.6 Å². The number of nitrogens with one attached hydrogen (secondary N) is 1. The largest absolute Gasteiger partial charge is 0.384 e. The van der Waals surface area contributed by atoms with E-state index in [4.69, 9.17) is 11.1 Å². The molecular formula is C13H19N3. The number of benzene rings is 1. The Kier molecular flexibility index (Phi) is 3.13. The third kappa shape index (κ3) is 2.03. The van der Waals surface area contributed by atoms with E-state index >= 15 is 0 Å². The first-order chi connectivity index (χ1) is 7.72. The maximum atomic E-state index is 7.59. The minimum absolute atomic E-state index is 0.163. The molecule has 2 rings (SSSR count). The second kappa shape index (κ2) is 4.56. The number of nitrogens with two attached hydrogens (primary N) is 1. The minimum Gasteiger partial charge on any atom is -0.384 e. The van der Waals surface area contributed by atoms with Crippen molar-refractivity contribution < 1.29 is 0 Å². The Morgan fingerprint density at radius 1 is 1.50 bits per heavy atom. The van der Waals surface area contributed by atoms with E-state index in [1.807, 2.05) is 18.2 Å². The van der Waals surface area contributed by atoms with Crippen LogP contribution in [0.4, 0.5) is 5.69 Å². The van der Waals surface area contributed by atoms with Gasteiger partial charge < -0.3 is 10.6 Å². The lowest BCUT2D eigenvalue weighted by molar-refractivity contribution is 0.569. The molecule has 0 amide bonds. The Labute approximate surface area is 96.8 Å². The summed E-state index contributed by atoms with van der Waals surface area (Å²) in [5, 5.41) is 7.59. The average molecular weight is 217 g/mol. The van der Waals surface area contributed by atoms with Gasteiger partial charge in [0.15, 0.2) is 0 Å². The van der Waals surface area contributed by atoms with Gasteiger partial charge in [0.2, 0.25) is 0 Å². The van der Waals surface area contributed by atoms with Crippen molar-refractivity contribution in [3.8, 4) is 0 Å². The summed E-state index contributed by atoms with van der Waals surface area (Å²) in [6.07, 6.45) is 2.49. The van der Waals surface area contributed by atoms with Crippen LogP contribution in [0.2, 0.25) is 0 Å². The number of amidine groups is 1. The Morgan fingerprint density at radius 3 is 2.88 bits per heavy atom. The van der Waals surface area contributed by atoms with Crippen molar-refractivity contribution in [1.82, 2.24) is 0 Å². The zero-order chi connectivity index (χ0) is 11.5. The molecule has 1 aliphatic rings. The fourth-order valence-electron chi connectivity index (χ4n) is 2.36. The molecule has 0 spiro atoms. The summed E-state index contributed by atoms with van der Waals surface area (Å²) in [5.41, 5.74) is 7.58. The van der Waals surface area contributed by atoms with Crippen LogP contribution in [0.5, 0.6) is 0 Å². The van der Waals surface area contributed by atoms with Crippen molar-refractivity contribution in [3.63, 3.8) is 0 Å². The van der Waals surface area contributed by atoms with Crippen LogP contribution >= 0.6 is 0 Å². The molecule has 1 fully saturated rings. The van der Waals surface area contributed by atoms with Gasteiger partial charge in [0.1, 0.15) is 5.84 Å². The summed E-state index contributed by atoms with van der Waals surface area (Å²) in [4.78, 5) is 2.35. The van der Waals surface area contributed by atoms with Crippen molar-refractivity contribution in [1.29, 1.82) is 5.41 Å². The summed E-state index contributed by atoms with van der Waals surface area (Å²) >= 11 is 0. The number of anilines is 1. The Bertz CT molecular complexity index is 387. The molecule has 1 heterocycles. The monoisotopic (exact) mass is 217 g/mol. The number of hydrogen-bond donors (Lipinski definition) is 2. The Morgan fingerprint density at radius 2 is 2.25 bits per heavy atom. The highest BCUT2D eigenvalue weighted by atomic mass is 15.2. The normalized spacial score (nSPS) is 20.1. The van der Waals surface area contributed by atoms with Gasteiger partial charge in [-0.05, 0) is 24.5 Å². The summed E-state index contributed by atoms with van der Waals surface area (Å²) in [6, 6.07) is 7.94. The van der Waals surface area contributed by atoms with Crippen molar-refractivity contribution in [2.45, 2.75) is 19.8 Å². The van der Waals surface area contributed by atoms with Gasteiger partial charge in [0, 0.05) is 24.3 Å². The summed E-state index contributed by atoms with van der Waals surface area (Å²) in [6.45, 7) is 4.43. The van der Waals surface area contributed by atoms with E-state index in [1.165, 1.54) is 12.8 Å². The first kappa shape index (κ1) is 11.0. The van der Waals surface area contributed by atoms with Gasteiger partial charge in [-0.25, -0.2) is 0 Å². The fourth-order valence-corrected chi connectivity index (χ4v) is 2.36. The molecular weight excluding hydrogens is 198 g/mol. The van der Waals surface area contributed by atoms with Gasteiger partial charge in [0.05, 0.1) is 0 Å². The number of hydrogen-bond acceptors (Lipinski definition) is 2. The highest BCUT2D eigenvalue weighted by molar-refractivity contribution is 6.00. The van der Waals surface area contributed by atoms with Gasteiger partial charge in [-0.3, -0.25) is 5.41 Å². The lowest BCUT2D eigenvalue weighted by Gasteiger charge is -2.21. The maximum Gasteiger partial charge on any atom is 0.124 e. The van der Waals surface area contributed by atoms with E-state index in [1.54, 1.807) is 0 Å². The Hall–Kier alpha value is -1.51. The molecule has 1 aromatic rings. The van der Waals surface area contributed by atoms with Crippen molar-refractivity contribution >= 4 is 11.5 Å². The van der Waals surface area contributed by atoms with E-state index in [2.05, 4.69) is 17.9 Å². The molecule has 86 valence electrons. The zero-order valence-electron chi connectivity index (χ0n) is 9.74. The molecule has 0 aliphatic carbocycles. The molecule has 3 N–H and O–H groups in total. The molecule has 1 aromatic carbocycles. The van der Waals surface area contributed by atoms with Gasteiger partial charge >= 0.3 is 0 Å². The first-order valence-electron chi connectivity index (χ1n) is 5.90. The number of rotatable bonds is 3. The molecule has 1 atom stereocenters. The van der Waals surface area contributed by atoms with Crippen LogP contribution in [-0.4, -0.2) is 18.9 Å². The fraction of sp³-hybridized carbons (Fsp3) is 0.462. The number of nitrogens with zero attached hydrogens (tertiary/aromatic N) is 1. The minimum atomic E-state index is 0.163. The number of para-hydroxylation sites is 1. The second-order valence-electron chi connectivity index (χ2n) is 4.44. The van der Waals surface area contributed by atoms with Crippen LogP contribution in [0.1, 0.15) is 25.3 Å². The lowest BCUT2D eigenvalue weighted by Crippen LogP contribution is -2.24. The van der Waals surface area contributed by atoms with Crippen LogP contribution in [0.25, 0.3) is 0 Å². The summed E-state index contributed by atoms with van der Waals surface area (Å²) in [5.74, 6) is 0.954. The first-order valence-corrected chi connectivity index (χ1v) is 5.90. The zero-order valence-corrected chi connectivity index (χ0v) is 9.74. The lowest BCUT2D eigenvalue weighted by atomic mass is 10.1. The standard InChI is InChI=1S/C13H19N3/c1-2-10-7-8-16(9-10)12-6-4-3-5-11(12)13(14)15/h3-6,10H,2,7-9H2,1H3,(H3,14,15). The molecule has 0 aromatic heterocycles. The van der Waals surface area contributed by atoms with Crippen LogP contribution in [0.15, 0.2) is 24.3 Å². The second-order valence-corrected chi connectivity index (χ2v) is 4.44. The van der Waals surface area contributed by atoms with Crippen LogP contribution in [0, 0.1) is 11.3 Å². The highest BCUT2D eigenvalue weighted by Gasteiger charge is 2.22. The smallest absolute Gasteiger partial charge is 0.124 e. The predicted octanol–water partition coefficient (Wildman–Crippen LogP) is 2.21. The maximum absolute atomic E-state index is 7.59. The molecule has 0 saturated carbocycles.